The van der Waals surface area contributed by atoms with Gasteiger partial charge in [0.05, 0.1) is 25.9 Å². The van der Waals surface area contributed by atoms with Gasteiger partial charge in [-0.05, 0) is 0 Å². The van der Waals surface area contributed by atoms with Crippen molar-refractivity contribution in [3.8, 4) is 0 Å². The Morgan fingerprint density at radius 1 is 0.889 bits per heavy atom. The topological polar surface area (TPSA) is 258 Å². The lowest BCUT2D eigenvalue weighted by Crippen LogP contribution is -2.35. The summed E-state index contributed by atoms with van der Waals surface area (Å²) in [4.78, 5) is 24.3. The zero-order valence-electron chi connectivity index (χ0n) is 22.9. The third-order valence-electron chi connectivity index (χ3n) is 7.43. The van der Waals surface area contributed by atoms with Crippen LogP contribution in [0.2, 0.25) is 0 Å². The summed E-state index contributed by atoms with van der Waals surface area (Å²) in [5.74, 6) is 0.130. The Balaban J connectivity index is 1.22. The predicted molar refractivity (Wildman–Crippen MR) is 151 cm³/mol. The molecule has 5 N–H and O–H groups in total. The third kappa shape index (κ3) is 5.38. The second-order valence-electron chi connectivity index (χ2n) is 10.1. The Morgan fingerprint density at radius 2 is 1.47 bits per heavy atom. The van der Waals surface area contributed by atoms with E-state index < -0.39 is 77.0 Å². The van der Waals surface area contributed by atoms with E-state index in [0.717, 1.165) is 7.11 Å². The number of aliphatic hydroxyl groups is 1. The van der Waals surface area contributed by atoms with E-state index in [1.807, 2.05) is 0 Å². The van der Waals surface area contributed by atoms with E-state index in [4.69, 9.17) is 43.6 Å². The Hall–Kier alpha value is -2.88. The second-order valence-corrected chi connectivity index (χ2v) is 14.7. The SMILES string of the molecule is COP1(=O)OCC2OC(n3cnc4c(N)ncnc43)C(OP(=O)(S)OCC3OC(n4cnc5c(N)ncnc54)C(F)C3O1)C2O. The maximum absolute atomic E-state index is 16.1. The van der Waals surface area contributed by atoms with Crippen LogP contribution in [0.4, 0.5) is 16.0 Å². The molecule has 0 radical (unpaired) electrons. The Labute approximate surface area is 256 Å². The van der Waals surface area contributed by atoms with Crippen LogP contribution < -0.4 is 11.5 Å². The molecular weight excluding hydrogens is 665 g/mol. The van der Waals surface area contributed by atoms with Gasteiger partial charge in [-0.1, -0.05) is 12.2 Å². The predicted octanol–water partition coefficient (Wildman–Crippen LogP) is 0.934. The first-order valence-electron chi connectivity index (χ1n) is 13.1. The summed E-state index contributed by atoms with van der Waals surface area (Å²) in [5.41, 5.74) is 12.5. The molecule has 10 atom stereocenters. The number of hydrogen-bond acceptors (Lipinski definition) is 18. The standard InChI is InChI=1S/C21H25FN10O10P2S/c1-36-43(34)37-2-8-13(33)15(21(39-8)32-7-30-12-17(24)26-5-28-19(12)32)42-44(35,45)38-3-9-14(41-43)10(22)20(40-9)31-6-29-11-16(23)25-4-27-18(11)31/h4-10,13-15,20-21,33H,2-3H2,1H3,(H,35,45)(H2,23,25,27)(H2,24,26,28). The van der Waals surface area contributed by atoms with Gasteiger partial charge in [0.1, 0.15) is 54.2 Å². The molecule has 0 amide bonds. The fraction of sp³-hybridized carbons (Fsp3) is 0.524. The molecule has 3 fully saturated rings. The maximum Gasteiger partial charge on any atom is 0.475 e. The number of anilines is 2. The highest BCUT2D eigenvalue weighted by Crippen LogP contribution is 2.59. The molecule has 3 saturated heterocycles. The number of phosphoric acid groups is 1. The number of nitrogen functional groups attached to an aromatic ring is 2. The largest absolute Gasteiger partial charge is 0.475 e. The number of aliphatic hydroxyl groups excluding tert-OH is 1. The van der Waals surface area contributed by atoms with Gasteiger partial charge in [0.2, 0.25) is 0 Å². The van der Waals surface area contributed by atoms with Gasteiger partial charge in [-0.2, -0.15) is 0 Å². The summed E-state index contributed by atoms with van der Waals surface area (Å²) in [6.07, 6.45) is -7.11. The van der Waals surface area contributed by atoms with E-state index in [2.05, 4.69) is 42.2 Å². The number of fused-ring (bicyclic) bond motifs is 5. The van der Waals surface area contributed by atoms with E-state index in [-0.39, 0.29) is 34.0 Å². The number of hydrogen-bond donors (Lipinski definition) is 4. The number of thiol groups is 1. The van der Waals surface area contributed by atoms with Gasteiger partial charge in [0, 0.05) is 7.11 Å². The molecule has 4 aromatic heterocycles. The van der Waals surface area contributed by atoms with E-state index in [9.17, 15) is 14.2 Å². The highest BCUT2D eigenvalue weighted by Gasteiger charge is 2.54. The van der Waals surface area contributed by atoms with Crippen molar-refractivity contribution in [3.05, 3.63) is 25.3 Å². The lowest BCUT2D eigenvalue weighted by molar-refractivity contribution is -0.0629. The first kappa shape index (κ1) is 30.8. The minimum absolute atomic E-state index is 0.0525. The molecule has 242 valence electrons. The van der Waals surface area contributed by atoms with Crippen LogP contribution >= 0.6 is 26.9 Å². The Morgan fingerprint density at radius 3 is 2.09 bits per heavy atom. The van der Waals surface area contributed by atoms with Gasteiger partial charge in [-0.3, -0.25) is 31.8 Å². The van der Waals surface area contributed by atoms with Gasteiger partial charge >= 0.3 is 14.6 Å². The molecule has 45 heavy (non-hydrogen) atoms. The number of rotatable bonds is 3. The number of nitrogens with two attached hydrogens (primary N) is 2. The summed E-state index contributed by atoms with van der Waals surface area (Å²) >= 11 is 4.08. The van der Waals surface area contributed by atoms with Crippen molar-refractivity contribution in [2.75, 3.05) is 31.8 Å². The van der Waals surface area contributed by atoms with E-state index in [1.54, 1.807) is 0 Å². The fourth-order valence-electron chi connectivity index (χ4n) is 5.28. The summed E-state index contributed by atoms with van der Waals surface area (Å²) in [6.45, 7) is -5.62. The van der Waals surface area contributed by atoms with E-state index in [1.165, 1.54) is 34.4 Å². The van der Waals surface area contributed by atoms with Crippen LogP contribution in [0.25, 0.3) is 22.3 Å². The zero-order valence-corrected chi connectivity index (χ0v) is 25.6. The average Bonchev–Trinajstić information content (AvgIpc) is 3.77. The summed E-state index contributed by atoms with van der Waals surface area (Å²) in [5, 5.41) is 11.2. The zero-order chi connectivity index (χ0) is 31.7. The maximum atomic E-state index is 16.1. The number of aromatic nitrogens is 8. The monoisotopic (exact) mass is 690 g/mol. The Bertz CT molecular complexity index is 1850. The molecule has 3 aliphatic heterocycles. The van der Waals surface area contributed by atoms with Crippen molar-refractivity contribution in [3.63, 3.8) is 0 Å². The van der Waals surface area contributed by atoms with Gasteiger partial charge in [0.25, 0.3) is 0 Å². The molecule has 0 aliphatic carbocycles. The van der Waals surface area contributed by atoms with Crippen LogP contribution in [0.15, 0.2) is 25.3 Å². The number of phosphoric ester groups is 1. The molecule has 0 spiro atoms. The molecular formula is C21H25FN10O10P2S. The molecule has 10 unspecified atom stereocenters. The summed E-state index contributed by atoms with van der Waals surface area (Å²) in [6, 6.07) is 0. The number of ether oxygens (including phenoxy) is 2. The number of imidazole rings is 2. The van der Waals surface area contributed by atoms with Crippen molar-refractivity contribution in [1.29, 1.82) is 0 Å². The minimum Gasteiger partial charge on any atom is -0.387 e. The van der Waals surface area contributed by atoms with Crippen molar-refractivity contribution in [2.24, 2.45) is 0 Å². The molecule has 2 bridgehead atoms. The minimum atomic E-state index is -4.57. The summed E-state index contributed by atoms with van der Waals surface area (Å²) < 4.78 is 85.0. The number of halogens is 1. The molecule has 3 aliphatic rings. The fourth-order valence-corrected chi connectivity index (χ4v) is 7.87. The van der Waals surface area contributed by atoms with Crippen molar-refractivity contribution in [1.82, 2.24) is 39.0 Å². The van der Waals surface area contributed by atoms with E-state index >= 15 is 4.39 Å². The third-order valence-corrected chi connectivity index (χ3v) is 10.5. The molecule has 24 heteroatoms. The van der Waals surface area contributed by atoms with Gasteiger partial charge < -0.3 is 26.0 Å². The Kier molecular flexibility index (Phi) is 7.81. The van der Waals surface area contributed by atoms with Crippen molar-refractivity contribution < 1.29 is 50.7 Å². The first-order valence-corrected chi connectivity index (χ1v) is 17.3. The first-order chi connectivity index (χ1) is 21.5. The molecule has 4 aromatic rings. The van der Waals surface area contributed by atoms with Crippen LogP contribution in [-0.4, -0.2) is 101 Å². The number of nitrogens with zero attached hydrogens (tertiary/aromatic N) is 8. The molecule has 0 saturated carbocycles. The molecule has 0 aromatic carbocycles. The average molecular weight is 691 g/mol. The second kappa shape index (κ2) is 11.4. The van der Waals surface area contributed by atoms with Crippen LogP contribution in [0.5, 0.6) is 0 Å². The van der Waals surface area contributed by atoms with Gasteiger partial charge in [0.15, 0.2) is 41.6 Å². The highest BCUT2D eigenvalue weighted by molar-refractivity contribution is 8.44. The summed E-state index contributed by atoms with van der Waals surface area (Å²) in [7, 11) is -3.54. The van der Waals surface area contributed by atoms with Gasteiger partial charge in [-0.15, -0.1) is 0 Å². The molecule has 7 rings (SSSR count). The lowest BCUT2D eigenvalue weighted by Gasteiger charge is -2.26. The molecule has 20 nitrogen and oxygen atoms in total. The van der Waals surface area contributed by atoms with Gasteiger partial charge in [-0.25, -0.2) is 43.4 Å². The van der Waals surface area contributed by atoms with Crippen molar-refractivity contribution >= 4 is 60.8 Å². The molecule has 7 heterocycles. The highest BCUT2D eigenvalue weighted by atomic mass is 32.7. The van der Waals surface area contributed by atoms with E-state index in [0.29, 0.717) is 0 Å². The number of alkyl halides is 1. The van der Waals surface area contributed by atoms with Crippen LogP contribution in [0.1, 0.15) is 12.5 Å². The van der Waals surface area contributed by atoms with Crippen molar-refractivity contribution in [2.45, 2.75) is 49.1 Å². The van der Waals surface area contributed by atoms with Crippen LogP contribution in [0, 0.1) is 0 Å². The van der Waals surface area contributed by atoms with Crippen LogP contribution in [-0.2, 0) is 41.2 Å². The normalized spacial score (nSPS) is 37.7. The quantitative estimate of drug-likeness (QED) is 0.172. The smallest absolute Gasteiger partial charge is 0.387 e. The lowest BCUT2D eigenvalue weighted by atomic mass is 10.1. The van der Waals surface area contributed by atoms with Crippen LogP contribution in [0.3, 0.4) is 0 Å².